The Labute approximate surface area is 84.7 Å². The minimum atomic E-state index is 0.567. The fourth-order valence-corrected chi connectivity index (χ4v) is 2.13. The van der Waals surface area contributed by atoms with Crippen LogP contribution in [0, 0.1) is 0 Å². The van der Waals surface area contributed by atoms with Crippen molar-refractivity contribution in [2.75, 3.05) is 13.1 Å². The molecule has 1 aliphatic heterocycles. The number of aryl methyl sites for hydroxylation is 1. The van der Waals surface area contributed by atoms with Crippen LogP contribution in [-0.4, -0.2) is 33.8 Å². The summed E-state index contributed by atoms with van der Waals surface area (Å²) >= 11 is 0. The van der Waals surface area contributed by atoms with Gasteiger partial charge in [0, 0.05) is 32.4 Å². The van der Waals surface area contributed by atoms with Crippen LogP contribution in [0.2, 0.25) is 0 Å². The van der Waals surface area contributed by atoms with Crippen molar-refractivity contribution in [3.8, 4) is 0 Å². The normalized spacial score (nSPS) is 23.1. The quantitative estimate of drug-likeness (QED) is 0.755. The molecule has 1 aromatic rings. The average Bonchev–Trinajstić information content (AvgIpc) is 2.76. The Balaban J connectivity index is 1.96. The van der Waals surface area contributed by atoms with E-state index in [1.54, 1.807) is 0 Å². The first-order valence-corrected chi connectivity index (χ1v) is 5.22. The lowest BCUT2D eigenvalue weighted by Gasteiger charge is -2.21. The molecule has 1 aromatic heterocycles. The molecule has 4 nitrogen and oxygen atoms in total. The third kappa shape index (κ3) is 1.96. The lowest BCUT2D eigenvalue weighted by Crippen LogP contribution is -2.34. The van der Waals surface area contributed by atoms with Gasteiger partial charge in [-0.15, -0.1) is 0 Å². The molecule has 1 unspecified atom stereocenters. The van der Waals surface area contributed by atoms with Crippen molar-refractivity contribution in [1.82, 2.24) is 14.7 Å². The predicted molar refractivity (Wildman–Crippen MR) is 55.7 cm³/mol. The summed E-state index contributed by atoms with van der Waals surface area (Å²) in [6.07, 6.45) is 4.50. The fraction of sp³-hybridized carbons (Fsp3) is 0.700. The maximum Gasteiger partial charge on any atom is 0.0764 e. The van der Waals surface area contributed by atoms with E-state index in [0.29, 0.717) is 6.04 Å². The summed E-state index contributed by atoms with van der Waals surface area (Å²) in [5.41, 5.74) is 6.86. The van der Waals surface area contributed by atoms with Crippen molar-refractivity contribution < 1.29 is 0 Å². The van der Waals surface area contributed by atoms with Gasteiger partial charge in [-0.05, 0) is 25.5 Å². The molecule has 2 rings (SSSR count). The summed E-state index contributed by atoms with van der Waals surface area (Å²) in [5, 5.41) is 4.38. The van der Waals surface area contributed by atoms with Gasteiger partial charge in [0.1, 0.15) is 0 Å². The van der Waals surface area contributed by atoms with Crippen molar-refractivity contribution in [3.63, 3.8) is 0 Å². The SMILES string of the molecule is Cn1ccc(CN2CCCC2CN)n1. The molecule has 2 N–H and O–H groups in total. The molecule has 1 saturated heterocycles. The first kappa shape index (κ1) is 9.68. The predicted octanol–water partition coefficient (Wildman–Crippen LogP) is 0.343. The molecule has 1 aliphatic rings. The van der Waals surface area contributed by atoms with E-state index in [1.165, 1.54) is 19.4 Å². The molecule has 0 bridgehead atoms. The van der Waals surface area contributed by atoms with Gasteiger partial charge < -0.3 is 5.73 Å². The molecule has 0 aromatic carbocycles. The van der Waals surface area contributed by atoms with Crippen molar-refractivity contribution in [1.29, 1.82) is 0 Å². The second-order valence-corrected chi connectivity index (χ2v) is 3.98. The second kappa shape index (κ2) is 4.11. The monoisotopic (exact) mass is 194 g/mol. The lowest BCUT2D eigenvalue weighted by molar-refractivity contribution is 0.247. The number of nitrogens with two attached hydrogens (primary N) is 1. The highest BCUT2D eigenvalue weighted by molar-refractivity contribution is 4.99. The van der Waals surface area contributed by atoms with Crippen molar-refractivity contribution in [3.05, 3.63) is 18.0 Å². The Morgan fingerprint density at radius 1 is 1.64 bits per heavy atom. The molecule has 0 saturated carbocycles. The second-order valence-electron chi connectivity index (χ2n) is 3.98. The van der Waals surface area contributed by atoms with Gasteiger partial charge in [0.25, 0.3) is 0 Å². The van der Waals surface area contributed by atoms with Crippen LogP contribution in [0.5, 0.6) is 0 Å². The maximum absolute atomic E-state index is 5.72. The Bertz CT molecular complexity index is 294. The molecule has 0 radical (unpaired) electrons. The highest BCUT2D eigenvalue weighted by Crippen LogP contribution is 2.18. The zero-order valence-corrected chi connectivity index (χ0v) is 8.69. The molecule has 1 fully saturated rings. The Morgan fingerprint density at radius 3 is 3.14 bits per heavy atom. The molecule has 4 heteroatoms. The first-order valence-electron chi connectivity index (χ1n) is 5.22. The maximum atomic E-state index is 5.72. The standard InChI is InChI=1S/C10H18N4/c1-13-6-4-9(12-13)8-14-5-2-3-10(14)7-11/h4,6,10H,2-3,5,7-8,11H2,1H3. The van der Waals surface area contributed by atoms with E-state index in [1.807, 2.05) is 17.9 Å². The van der Waals surface area contributed by atoms with Crippen LogP contribution in [0.15, 0.2) is 12.3 Å². The third-order valence-corrected chi connectivity index (χ3v) is 2.91. The number of hydrogen-bond acceptors (Lipinski definition) is 3. The van der Waals surface area contributed by atoms with Crippen molar-refractivity contribution >= 4 is 0 Å². The molecule has 2 heterocycles. The third-order valence-electron chi connectivity index (χ3n) is 2.91. The summed E-state index contributed by atoms with van der Waals surface area (Å²) in [6.45, 7) is 2.88. The van der Waals surface area contributed by atoms with E-state index in [9.17, 15) is 0 Å². The van der Waals surface area contributed by atoms with Crippen LogP contribution in [0.4, 0.5) is 0 Å². The van der Waals surface area contributed by atoms with E-state index in [2.05, 4.69) is 16.1 Å². The van der Waals surface area contributed by atoms with Gasteiger partial charge in [-0.1, -0.05) is 0 Å². The minimum Gasteiger partial charge on any atom is -0.329 e. The van der Waals surface area contributed by atoms with Gasteiger partial charge in [-0.2, -0.15) is 5.10 Å². The van der Waals surface area contributed by atoms with Gasteiger partial charge in [-0.25, -0.2) is 0 Å². The van der Waals surface area contributed by atoms with Gasteiger partial charge >= 0.3 is 0 Å². The molecule has 0 amide bonds. The molecule has 0 aliphatic carbocycles. The Morgan fingerprint density at radius 2 is 2.50 bits per heavy atom. The first-order chi connectivity index (χ1) is 6.79. The zero-order valence-electron chi connectivity index (χ0n) is 8.69. The Kier molecular flexibility index (Phi) is 2.84. The number of nitrogens with zero attached hydrogens (tertiary/aromatic N) is 3. The topological polar surface area (TPSA) is 47.1 Å². The van der Waals surface area contributed by atoms with E-state index < -0.39 is 0 Å². The number of aromatic nitrogens is 2. The molecular formula is C10H18N4. The van der Waals surface area contributed by atoms with Crippen LogP contribution in [0.1, 0.15) is 18.5 Å². The van der Waals surface area contributed by atoms with Crippen LogP contribution >= 0.6 is 0 Å². The summed E-state index contributed by atoms with van der Waals surface area (Å²) < 4.78 is 1.85. The summed E-state index contributed by atoms with van der Waals surface area (Å²) in [7, 11) is 1.95. The van der Waals surface area contributed by atoms with E-state index in [-0.39, 0.29) is 0 Å². The van der Waals surface area contributed by atoms with Crippen LogP contribution in [0.25, 0.3) is 0 Å². The number of hydrogen-bond donors (Lipinski definition) is 1. The highest BCUT2D eigenvalue weighted by atomic mass is 15.3. The van der Waals surface area contributed by atoms with Crippen molar-refractivity contribution in [2.24, 2.45) is 12.8 Å². The van der Waals surface area contributed by atoms with E-state index >= 15 is 0 Å². The van der Waals surface area contributed by atoms with Gasteiger partial charge in [0.15, 0.2) is 0 Å². The van der Waals surface area contributed by atoms with Gasteiger partial charge in [0.05, 0.1) is 5.69 Å². The van der Waals surface area contributed by atoms with Crippen LogP contribution in [0.3, 0.4) is 0 Å². The summed E-state index contributed by atoms with van der Waals surface area (Å²) in [5.74, 6) is 0. The highest BCUT2D eigenvalue weighted by Gasteiger charge is 2.23. The van der Waals surface area contributed by atoms with Crippen LogP contribution < -0.4 is 5.73 Å². The lowest BCUT2D eigenvalue weighted by atomic mass is 10.2. The van der Waals surface area contributed by atoms with E-state index in [4.69, 9.17) is 5.73 Å². The number of likely N-dealkylation sites (tertiary alicyclic amines) is 1. The summed E-state index contributed by atoms with van der Waals surface area (Å²) in [4.78, 5) is 2.43. The average molecular weight is 194 g/mol. The summed E-state index contributed by atoms with van der Waals surface area (Å²) in [6, 6.07) is 2.64. The molecular weight excluding hydrogens is 176 g/mol. The zero-order chi connectivity index (χ0) is 9.97. The van der Waals surface area contributed by atoms with Crippen molar-refractivity contribution in [2.45, 2.75) is 25.4 Å². The largest absolute Gasteiger partial charge is 0.329 e. The fourth-order valence-electron chi connectivity index (χ4n) is 2.13. The van der Waals surface area contributed by atoms with Gasteiger partial charge in [-0.3, -0.25) is 9.58 Å². The molecule has 1 atom stereocenters. The number of rotatable bonds is 3. The minimum absolute atomic E-state index is 0.567. The molecule has 14 heavy (non-hydrogen) atoms. The smallest absolute Gasteiger partial charge is 0.0764 e. The molecule has 0 spiro atoms. The molecule has 78 valence electrons. The van der Waals surface area contributed by atoms with Crippen LogP contribution in [-0.2, 0) is 13.6 Å². The Hall–Kier alpha value is -0.870. The van der Waals surface area contributed by atoms with Gasteiger partial charge in [0.2, 0.25) is 0 Å². The van der Waals surface area contributed by atoms with E-state index in [0.717, 1.165) is 18.8 Å².